The molecule has 9 heteroatoms. The van der Waals surface area contributed by atoms with Crippen molar-refractivity contribution >= 4 is 17.3 Å². The van der Waals surface area contributed by atoms with Crippen LogP contribution >= 0.6 is 0 Å². The van der Waals surface area contributed by atoms with E-state index in [-0.39, 0.29) is 18.7 Å². The zero-order valence-electron chi connectivity index (χ0n) is 16.5. The number of nitrogens with zero attached hydrogens (tertiary/aromatic N) is 2. The molecule has 1 heterocycles. The van der Waals surface area contributed by atoms with E-state index >= 15 is 0 Å². The maximum atomic E-state index is 13.6. The molecule has 0 spiro atoms. The SMILES string of the molecule is CN1CCN(c2ccc(NC(=O)CCOc3ccc(F)cc3)c(C(F)(F)F)c2)CC1. The lowest BCUT2D eigenvalue weighted by atomic mass is 10.1. The van der Waals surface area contributed by atoms with Gasteiger partial charge in [-0.25, -0.2) is 4.39 Å². The minimum atomic E-state index is -4.60. The molecule has 0 atom stereocenters. The molecule has 1 fully saturated rings. The second-order valence-corrected chi connectivity index (χ2v) is 7.12. The van der Waals surface area contributed by atoms with Gasteiger partial charge in [-0.3, -0.25) is 4.79 Å². The maximum Gasteiger partial charge on any atom is 0.418 e. The van der Waals surface area contributed by atoms with Crippen LogP contribution in [0.1, 0.15) is 12.0 Å². The lowest BCUT2D eigenvalue weighted by Gasteiger charge is -2.34. The Hall–Kier alpha value is -2.81. The molecular weight excluding hydrogens is 402 g/mol. The van der Waals surface area contributed by atoms with Crippen molar-refractivity contribution in [1.82, 2.24) is 4.90 Å². The molecule has 1 saturated heterocycles. The van der Waals surface area contributed by atoms with Gasteiger partial charge in [0.05, 0.1) is 24.3 Å². The highest BCUT2D eigenvalue weighted by Gasteiger charge is 2.35. The summed E-state index contributed by atoms with van der Waals surface area (Å²) >= 11 is 0. The summed E-state index contributed by atoms with van der Waals surface area (Å²) < 4.78 is 58.9. The van der Waals surface area contributed by atoms with Crippen molar-refractivity contribution in [2.24, 2.45) is 0 Å². The number of halogens is 4. The first kappa shape index (κ1) is 21.9. The number of hydrogen-bond acceptors (Lipinski definition) is 4. The summed E-state index contributed by atoms with van der Waals surface area (Å²) in [7, 11) is 1.97. The Morgan fingerprint density at radius 1 is 1.07 bits per heavy atom. The van der Waals surface area contributed by atoms with E-state index < -0.39 is 23.5 Å². The number of anilines is 2. The van der Waals surface area contributed by atoms with Crippen LogP contribution in [0.5, 0.6) is 5.75 Å². The lowest BCUT2D eigenvalue weighted by Crippen LogP contribution is -2.44. The molecule has 5 nitrogen and oxygen atoms in total. The Balaban J connectivity index is 1.63. The topological polar surface area (TPSA) is 44.8 Å². The van der Waals surface area contributed by atoms with Gasteiger partial charge in [0.2, 0.25) is 5.91 Å². The number of benzene rings is 2. The Morgan fingerprint density at radius 2 is 1.73 bits per heavy atom. The van der Waals surface area contributed by atoms with Gasteiger partial charge >= 0.3 is 6.18 Å². The van der Waals surface area contributed by atoms with E-state index in [0.717, 1.165) is 19.2 Å². The standard InChI is InChI=1S/C21H23F4N3O2/c1-27-9-11-28(12-10-27)16-4-7-19(18(14-16)21(23,24)25)26-20(29)8-13-30-17-5-2-15(22)3-6-17/h2-7,14H,8-13H2,1H3,(H,26,29). The van der Waals surface area contributed by atoms with Crippen molar-refractivity contribution in [3.05, 3.63) is 53.8 Å². The molecule has 0 aromatic heterocycles. The number of alkyl halides is 3. The second-order valence-electron chi connectivity index (χ2n) is 7.12. The molecule has 1 aliphatic heterocycles. The van der Waals surface area contributed by atoms with Gasteiger partial charge in [0.15, 0.2) is 0 Å². The molecule has 0 aliphatic carbocycles. The predicted molar refractivity (Wildman–Crippen MR) is 106 cm³/mol. The van der Waals surface area contributed by atoms with E-state index in [9.17, 15) is 22.4 Å². The van der Waals surface area contributed by atoms with Gasteiger partial charge in [-0.2, -0.15) is 13.2 Å². The molecule has 1 aliphatic rings. The van der Waals surface area contributed by atoms with Crippen molar-refractivity contribution < 1.29 is 27.1 Å². The quantitative estimate of drug-likeness (QED) is 0.711. The third kappa shape index (κ3) is 5.85. The highest BCUT2D eigenvalue weighted by atomic mass is 19.4. The fraction of sp³-hybridized carbons (Fsp3) is 0.381. The fourth-order valence-electron chi connectivity index (χ4n) is 3.14. The van der Waals surface area contributed by atoms with Crippen LogP contribution in [-0.2, 0) is 11.0 Å². The highest BCUT2D eigenvalue weighted by molar-refractivity contribution is 5.92. The van der Waals surface area contributed by atoms with E-state index in [2.05, 4.69) is 10.2 Å². The molecule has 0 unspecified atom stereocenters. The Bertz CT molecular complexity index is 864. The number of likely N-dealkylation sites (N-methyl/N-ethyl adjacent to an activating group) is 1. The van der Waals surface area contributed by atoms with Crippen LogP contribution in [0.15, 0.2) is 42.5 Å². The monoisotopic (exact) mass is 425 g/mol. The fourth-order valence-corrected chi connectivity index (χ4v) is 3.14. The summed E-state index contributed by atoms with van der Waals surface area (Å²) in [5, 5.41) is 2.32. The minimum absolute atomic E-state index is 0.0435. The van der Waals surface area contributed by atoms with Crippen LogP contribution in [-0.4, -0.2) is 50.6 Å². The van der Waals surface area contributed by atoms with Gasteiger partial charge in [-0.15, -0.1) is 0 Å². The zero-order valence-corrected chi connectivity index (χ0v) is 16.5. The van der Waals surface area contributed by atoms with Gasteiger partial charge in [0.1, 0.15) is 11.6 Å². The molecule has 1 N–H and O–H groups in total. The van der Waals surface area contributed by atoms with Gasteiger partial charge in [0.25, 0.3) is 0 Å². The maximum absolute atomic E-state index is 13.6. The average molecular weight is 425 g/mol. The second kappa shape index (κ2) is 9.34. The number of carbonyl (C=O) groups is 1. The number of ether oxygens (including phenoxy) is 1. The Kier molecular flexibility index (Phi) is 6.81. The number of nitrogens with one attached hydrogen (secondary N) is 1. The zero-order chi connectivity index (χ0) is 21.7. The summed E-state index contributed by atoms with van der Waals surface area (Å²) in [6.07, 6.45) is -4.75. The molecule has 0 radical (unpaired) electrons. The number of carbonyl (C=O) groups excluding carboxylic acids is 1. The number of piperazine rings is 1. The number of hydrogen-bond donors (Lipinski definition) is 1. The first-order valence-electron chi connectivity index (χ1n) is 9.55. The van der Waals surface area contributed by atoms with E-state index in [4.69, 9.17) is 4.74 Å². The van der Waals surface area contributed by atoms with Gasteiger partial charge in [0, 0.05) is 31.9 Å². The summed E-state index contributed by atoms with van der Waals surface area (Å²) in [5.74, 6) is -0.647. The molecule has 1 amide bonds. The average Bonchev–Trinajstić information content (AvgIpc) is 2.70. The van der Waals surface area contributed by atoms with Crippen molar-refractivity contribution in [3.63, 3.8) is 0 Å². The summed E-state index contributed by atoms with van der Waals surface area (Å²) in [6.45, 7) is 2.78. The first-order valence-corrected chi connectivity index (χ1v) is 9.55. The molecule has 30 heavy (non-hydrogen) atoms. The van der Waals surface area contributed by atoms with E-state index in [1.807, 2.05) is 11.9 Å². The van der Waals surface area contributed by atoms with Gasteiger partial charge in [-0.05, 0) is 49.5 Å². The van der Waals surface area contributed by atoms with Crippen molar-refractivity contribution in [1.29, 1.82) is 0 Å². The number of rotatable bonds is 6. The van der Waals surface area contributed by atoms with Crippen molar-refractivity contribution in [3.8, 4) is 5.75 Å². The van der Waals surface area contributed by atoms with Gasteiger partial charge < -0.3 is 19.9 Å². The lowest BCUT2D eigenvalue weighted by molar-refractivity contribution is -0.136. The molecular formula is C21H23F4N3O2. The normalized spacial score (nSPS) is 15.2. The molecule has 3 rings (SSSR count). The van der Waals surface area contributed by atoms with Crippen molar-refractivity contribution in [2.45, 2.75) is 12.6 Å². The van der Waals surface area contributed by atoms with E-state index in [0.29, 0.717) is 24.5 Å². The largest absolute Gasteiger partial charge is 0.493 e. The molecule has 0 saturated carbocycles. The van der Waals surface area contributed by atoms with E-state index in [1.54, 1.807) is 6.07 Å². The van der Waals surface area contributed by atoms with Crippen LogP contribution < -0.4 is 15.0 Å². The summed E-state index contributed by atoms with van der Waals surface area (Å²) in [4.78, 5) is 16.1. The van der Waals surface area contributed by atoms with Crippen molar-refractivity contribution in [2.75, 3.05) is 50.1 Å². The third-order valence-corrected chi connectivity index (χ3v) is 4.86. The molecule has 2 aromatic rings. The predicted octanol–water partition coefficient (Wildman–Crippen LogP) is 4.00. The Labute approximate surface area is 172 Å². The summed E-state index contributed by atoms with van der Waals surface area (Å²) in [5.41, 5.74) is -0.688. The minimum Gasteiger partial charge on any atom is -0.493 e. The van der Waals surface area contributed by atoms with E-state index in [1.165, 1.54) is 30.3 Å². The summed E-state index contributed by atoms with van der Waals surface area (Å²) in [6, 6.07) is 9.20. The molecule has 162 valence electrons. The number of amides is 1. The van der Waals surface area contributed by atoms with Crippen LogP contribution in [0, 0.1) is 5.82 Å². The van der Waals surface area contributed by atoms with Crippen LogP contribution in [0.2, 0.25) is 0 Å². The van der Waals surface area contributed by atoms with Crippen LogP contribution in [0.3, 0.4) is 0 Å². The van der Waals surface area contributed by atoms with Crippen LogP contribution in [0.4, 0.5) is 28.9 Å². The third-order valence-electron chi connectivity index (χ3n) is 4.86. The highest BCUT2D eigenvalue weighted by Crippen LogP contribution is 2.37. The molecule has 0 bridgehead atoms. The Morgan fingerprint density at radius 3 is 2.37 bits per heavy atom. The van der Waals surface area contributed by atoms with Crippen LogP contribution in [0.25, 0.3) is 0 Å². The first-order chi connectivity index (χ1) is 14.2. The smallest absolute Gasteiger partial charge is 0.418 e. The molecule has 2 aromatic carbocycles. The van der Waals surface area contributed by atoms with Gasteiger partial charge in [-0.1, -0.05) is 0 Å².